The molecule has 0 atom stereocenters. The van der Waals surface area contributed by atoms with Crippen molar-refractivity contribution in [2.24, 2.45) is 5.92 Å². The molecule has 2 amide bonds. The molecule has 1 saturated heterocycles. The second-order valence-corrected chi connectivity index (χ2v) is 6.47. The molecule has 140 valence electrons. The number of piperidine rings is 1. The van der Waals surface area contributed by atoms with Gasteiger partial charge >= 0.3 is 5.97 Å². The van der Waals surface area contributed by atoms with Crippen molar-refractivity contribution in [2.45, 2.75) is 33.6 Å². The van der Waals surface area contributed by atoms with Crippen molar-refractivity contribution in [1.82, 2.24) is 4.90 Å². The van der Waals surface area contributed by atoms with E-state index in [0.29, 0.717) is 19.0 Å². The van der Waals surface area contributed by atoms with E-state index in [9.17, 15) is 19.2 Å². The first-order valence-electron chi connectivity index (χ1n) is 8.75. The van der Waals surface area contributed by atoms with Crippen LogP contribution < -0.4 is 5.32 Å². The highest BCUT2D eigenvalue weighted by Gasteiger charge is 2.27. The first-order chi connectivity index (χ1) is 12.3. The topological polar surface area (TPSA) is 92.8 Å². The Hall–Kier alpha value is -2.70. The van der Waals surface area contributed by atoms with E-state index in [4.69, 9.17) is 4.74 Å². The first kappa shape index (κ1) is 19.6. The van der Waals surface area contributed by atoms with E-state index in [1.165, 1.54) is 25.1 Å². The van der Waals surface area contributed by atoms with Crippen LogP contribution in [0.15, 0.2) is 18.2 Å². The molecule has 1 heterocycles. The van der Waals surface area contributed by atoms with Gasteiger partial charge in [0.15, 0.2) is 0 Å². The van der Waals surface area contributed by atoms with Crippen LogP contribution in [0.1, 0.15) is 54.3 Å². The van der Waals surface area contributed by atoms with Crippen molar-refractivity contribution >= 4 is 29.3 Å². The molecule has 7 heteroatoms. The molecule has 1 N–H and O–H groups in total. The summed E-state index contributed by atoms with van der Waals surface area (Å²) in [4.78, 5) is 50.0. The predicted molar refractivity (Wildman–Crippen MR) is 96.0 cm³/mol. The van der Waals surface area contributed by atoms with E-state index in [1.807, 2.05) is 0 Å². The van der Waals surface area contributed by atoms with Crippen LogP contribution in [-0.4, -0.2) is 48.2 Å². The number of ketones is 1. The summed E-state index contributed by atoms with van der Waals surface area (Å²) in [6, 6.07) is 4.17. The summed E-state index contributed by atoms with van der Waals surface area (Å²) in [5.41, 5.74) is 0.394. The smallest absolute Gasteiger partial charge is 0.340 e. The molecular weight excluding hydrogens is 336 g/mol. The molecule has 26 heavy (non-hydrogen) atoms. The van der Waals surface area contributed by atoms with Gasteiger partial charge in [-0.1, -0.05) is 6.92 Å². The van der Waals surface area contributed by atoms with Gasteiger partial charge in [-0.15, -0.1) is 0 Å². The van der Waals surface area contributed by atoms with Gasteiger partial charge in [0.2, 0.25) is 11.7 Å². The molecule has 2 rings (SSSR count). The molecular formula is C19H24N2O5. The zero-order valence-corrected chi connectivity index (χ0v) is 15.3. The van der Waals surface area contributed by atoms with Crippen molar-refractivity contribution < 1.29 is 23.9 Å². The lowest BCUT2D eigenvalue weighted by atomic mass is 9.98. The number of hydrogen-bond donors (Lipinski definition) is 1. The van der Waals surface area contributed by atoms with Crippen LogP contribution in [0.4, 0.5) is 5.69 Å². The molecule has 0 radical (unpaired) electrons. The van der Waals surface area contributed by atoms with Crippen LogP contribution in [0.25, 0.3) is 0 Å². The number of carbonyl (C=O) groups is 4. The van der Waals surface area contributed by atoms with E-state index in [-0.39, 0.29) is 29.3 Å². The lowest BCUT2D eigenvalue weighted by Crippen LogP contribution is -2.41. The predicted octanol–water partition coefficient (Wildman–Crippen LogP) is 2.26. The maximum absolute atomic E-state index is 12.6. The van der Waals surface area contributed by atoms with Gasteiger partial charge in [0.1, 0.15) is 0 Å². The van der Waals surface area contributed by atoms with Crippen LogP contribution in [0.3, 0.4) is 0 Å². The number of hydrogen-bond acceptors (Lipinski definition) is 5. The summed E-state index contributed by atoms with van der Waals surface area (Å²) in [5.74, 6) is -1.71. The number of anilines is 1. The summed E-state index contributed by atoms with van der Waals surface area (Å²) in [7, 11) is 0. The number of rotatable bonds is 5. The third kappa shape index (κ3) is 4.68. The van der Waals surface area contributed by atoms with Gasteiger partial charge in [0.05, 0.1) is 17.9 Å². The van der Waals surface area contributed by atoms with Crippen molar-refractivity contribution in [1.29, 1.82) is 0 Å². The van der Waals surface area contributed by atoms with Crippen LogP contribution in [0.5, 0.6) is 0 Å². The van der Waals surface area contributed by atoms with E-state index < -0.39 is 17.7 Å². The lowest BCUT2D eigenvalue weighted by Gasteiger charge is -2.29. The van der Waals surface area contributed by atoms with Gasteiger partial charge in [0, 0.05) is 25.6 Å². The van der Waals surface area contributed by atoms with Gasteiger partial charge in [-0.25, -0.2) is 4.79 Å². The standard InChI is InChI=1S/C19H24N2O5/c1-4-26-19(25)15-11-14(5-6-16(15)20-13(3)22)17(23)18(24)21-9-7-12(2)8-10-21/h5-6,11-12H,4,7-10H2,1-3H3,(H,20,22). The molecule has 1 aromatic rings. The monoisotopic (exact) mass is 360 g/mol. The molecule has 1 aromatic carbocycles. The Balaban J connectivity index is 2.26. The average molecular weight is 360 g/mol. The molecule has 0 aliphatic carbocycles. The number of likely N-dealkylation sites (tertiary alicyclic amines) is 1. The SMILES string of the molecule is CCOC(=O)c1cc(C(=O)C(=O)N2CCC(C)CC2)ccc1NC(C)=O. The fraction of sp³-hybridized carbons (Fsp3) is 0.474. The fourth-order valence-corrected chi connectivity index (χ4v) is 2.84. The van der Waals surface area contributed by atoms with E-state index in [0.717, 1.165) is 12.8 Å². The Morgan fingerprint density at radius 3 is 2.42 bits per heavy atom. The third-order valence-corrected chi connectivity index (χ3v) is 4.35. The molecule has 0 saturated carbocycles. The summed E-state index contributed by atoms with van der Waals surface area (Å²) in [5, 5.41) is 2.53. The molecule has 1 fully saturated rings. The van der Waals surface area contributed by atoms with E-state index >= 15 is 0 Å². The third-order valence-electron chi connectivity index (χ3n) is 4.35. The minimum Gasteiger partial charge on any atom is -0.462 e. The highest BCUT2D eigenvalue weighted by Crippen LogP contribution is 2.21. The number of nitrogens with zero attached hydrogens (tertiary/aromatic N) is 1. The summed E-state index contributed by atoms with van der Waals surface area (Å²) < 4.78 is 4.98. The van der Waals surface area contributed by atoms with Gasteiger partial charge in [-0.2, -0.15) is 0 Å². The fourth-order valence-electron chi connectivity index (χ4n) is 2.84. The minimum absolute atomic E-state index is 0.0490. The van der Waals surface area contributed by atoms with Crippen LogP contribution >= 0.6 is 0 Å². The molecule has 7 nitrogen and oxygen atoms in total. The van der Waals surface area contributed by atoms with Crippen molar-refractivity contribution in [3.8, 4) is 0 Å². The van der Waals surface area contributed by atoms with Crippen LogP contribution in [-0.2, 0) is 14.3 Å². The summed E-state index contributed by atoms with van der Waals surface area (Å²) >= 11 is 0. The maximum Gasteiger partial charge on any atom is 0.340 e. The Morgan fingerprint density at radius 2 is 1.85 bits per heavy atom. The van der Waals surface area contributed by atoms with Crippen LogP contribution in [0.2, 0.25) is 0 Å². The Morgan fingerprint density at radius 1 is 1.19 bits per heavy atom. The molecule has 1 aliphatic heterocycles. The number of benzene rings is 1. The maximum atomic E-state index is 12.6. The molecule has 0 aromatic heterocycles. The van der Waals surface area contributed by atoms with Gasteiger partial charge in [0.25, 0.3) is 5.91 Å². The second-order valence-electron chi connectivity index (χ2n) is 6.47. The number of ether oxygens (including phenoxy) is 1. The van der Waals surface area contributed by atoms with Crippen molar-refractivity contribution in [3.63, 3.8) is 0 Å². The Labute approximate surface area is 152 Å². The number of carbonyl (C=O) groups excluding carboxylic acids is 4. The average Bonchev–Trinajstić information content (AvgIpc) is 2.61. The zero-order chi connectivity index (χ0) is 19.3. The lowest BCUT2D eigenvalue weighted by molar-refractivity contribution is -0.127. The number of amides is 2. The summed E-state index contributed by atoms with van der Waals surface area (Å²) in [6.45, 7) is 6.36. The molecule has 0 unspecified atom stereocenters. The van der Waals surface area contributed by atoms with E-state index in [1.54, 1.807) is 11.8 Å². The molecule has 0 bridgehead atoms. The largest absolute Gasteiger partial charge is 0.462 e. The van der Waals surface area contributed by atoms with Gasteiger partial charge in [-0.3, -0.25) is 14.4 Å². The zero-order valence-electron chi connectivity index (χ0n) is 15.3. The van der Waals surface area contributed by atoms with Gasteiger partial charge < -0.3 is 15.0 Å². The Bertz CT molecular complexity index is 721. The molecule has 1 aliphatic rings. The summed E-state index contributed by atoms with van der Waals surface area (Å²) in [6.07, 6.45) is 1.74. The Kier molecular flexibility index (Phi) is 6.49. The normalized spacial score (nSPS) is 14.7. The quantitative estimate of drug-likeness (QED) is 0.494. The number of Topliss-reactive ketones (excluding diaryl/α,β-unsaturated/α-hetero) is 1. The van der Waals surface area contributed by atoms with E-state index in [2.05, 4.69) is 12.2 Å². The number of esters is 1. The minimum atomic E-state index is -0.667. The highest BCUT2D eigenvalue weighted by atomic mass is 16.5. The van der Waals surface area contributed by atoms with Crippen molar-refractivity contribution in [2.75, 3.05) is 25.0 Å². The first-order valence-corrected chi connectivity index (χ1v) is 8.75. The van der Waals surface area contributed by atoms with Crippen LogP contribution in [0, 0.1) is 5.92 Å². The van der Waals surface area contributed by atoms with Gasteiger partial charge in [-0.05, 0) is 43.9 Å². The van der Waals surface area contributed by atoms with Crippen molar-refractivity contribution in [3.05, 3.63) is 29.3 Å². The highest BCUT2D eigenvalue weighted by molar-refractivity contribution is 6.42. The molecule has 0 spiro atoms. The number of nitrogens with one attached hydrogen (secondary N) is 1. The second kappa shape index (κ2) is 8.60.